The van der Waals surface area contributed by atoms with E-state index in [1.165, 1.54) is 23.9 Å². The van der Waals surface area contributed by atoms with E-state index in [4.69, 9.17) is 23.4 Å². The van der Waals surface area contributed by atoms with Crippen molar-refractivity contribution in [3.8, 4) is 28.7 Å². The zero-order valence-electron chi connectivity index (χ0n) is 18.5. The standard InChI is InChI=1S/C25H21FN2O5S/c1-29-20-9-8-16(12-21(20)30-2)23-27-28-25(33-23)34-14-18-11-19(26)10-17-13-31-24(32-22(17)18)15-6-4-3-5-7-15/h3-12,24H,13-14H2,1-2H3/t24-/m1/s1. The number of ether oxygens (including phenoxy) is 4. The molecule has 34 heavy (non-hydrogen) atoms. The highest BCUT2D eigenvalue weighted by Gasteiger charge is 2.25. The van der Waals surface area contributed by atoms with E-state index in [0.717, 1.165) is 5.56 Å². The number of aromatic nitrogens is 2. The number of nitrogens with zero attached hydrogens (tertiary/aromatic N) is 2. The van der Waals surface area contributed by atoms with Crippen LogP contribution in [0.25, 0.3) is 11.5 Å². The minimum Gasteiger partial charge on any atom is -0.493 e. The van der Waals surface area contributed by atoms with E-state index in [0.29, 0.717) is 50.8 Å². The summed E-state index contributed by atoms with van der Waals surface area (Å²) >= 11 is 1.30. The molecule has 1 aliphatic rings. The van der Waals surface area contributed by atoms with Gasteiger partial charge in [0.15, 0.2) is 11.5 Å². The Morgan fingerprint density at radius 2 is 1.82 bits per heavy atom. The van der Waals surface area contributed by atoms with Gasteiger partial charge >= 0.3 is 0 Å². The second-order valence-corrected chi connectivity index (χ2v) is 8.38. The van der Waals surface area contributed by atoms with Gasteiger partial charge in [-0.05, 0) is 30.3 Å². The molecule has 1 aromatic heterocycles. The minimum atomic E-state index is -0.553. The van der Waals surface area contributed by atoms with Crippen molar-refractivity contribution in [1.82, 2.24) is 10.2 Å². The highest BCUT2D eigenvalue weighted by Crippen LogP contribution is 2.39. The molecule has 4 aromatic rings. The van der Waals surface area contributed by atoms with Crippen LogP contribution < -0.4 is 14.2 Å². The van der Waals surface area contributed by atoms with Gasteiger partial charge in [-0.3, -0.25) is 0 Å². The number of thioether (sulfide) groups is 1. The van der Waals surface area contributed by atoms with Crippen LogP contribution in [-0.2, 0) is 17.1 Å². The van der Waals surface area contributed by atoms with Crippen molar-refractivity contribution in [3.63, 3.8) is 0 Å². The van der Waals surface area contributed by atoms with E-state index in [-0.39, 0.29) is 12.4 Å². The average molecular weight is 481 g/mol. The van der Waals surface area contributed by atoms with E-state index in [1.54, 1.807) is 26.4 Å². The molecule has 0 spiro atoms. The Morgan fingerprint density at radius 3 is 2.62 bits per heavy atom. The molecule has 0 unspecified atom stereocenters. The normalized spacial score (nSPS) is 14.9. The zero-order valence-corrected chi connectivity index (χ0v) is 19.3. The molecule has 174 valence electrons. The smallest absolute Gasteiger partial charge is 0.277 e. The van der Waals surface area contributed by atoms with Crippen LogP contribution in [0.5, 0.6) is 17.2 Å². The van der Waals surface area contributed by atoms with Crippen LogP contribution in [0, 0.1) is 5.82 Å². The van der Waals surface area contributed by atoms with Crippen LogP contribution >= 0.6 is 11.8 Å². The molecule has 0 amide bonds. The van der Waals surface area contributed by atoms with Crippen LogP contribution in [-0.4, -0.2) is 24.4 Å². The van der Waals surface area contributed by atoms with Gasteiger partial charge in [0.25, 0.3) is 5.22 Å². The van der Waals surface area contributed by atoms with Crippen molar-refractivity contribution in [2.45, 2.75) is 23.9 Å². The molecule has 0 fully saturated rings. The molecule has 0 bridgehead atoms. The molecule has 0 aliphatic carbocycles. The zero-order chi connectivity index (χ0) is 23.5. The fraction of sp³-hybridized carbons (Fsp3) is 0.200. The van der Waals surface area contributed by atoms with Crippen LogP contribution in [0.1, 0.15) is 23.0 Å². The van der Waals surface area contributed by atoms with Crippen molar-refractivity contribution in [2.24, 2.45) is 0 Å². The maximum Gasteiger partial charge on any atom is 0.277 e. The Labute approximate surface area is 199 Å². The van der Waals surface area contributed by atoms with E-state index in [9.17, 15) is 4.39 Å². The van der Waals surface area contributed by atoms with E-state index in [2.05, 4.69) is 10.2 Å². The number of benzene rings is 3. The first kappa shape index (κ1) is 22.2. The molecule has 0 radical (unpaired) electrons. The number of halogens is 1. The molecule has 5 rings (SSSR count). The van der Waals surface area contributed by atoms with Gasteiger partial charge in [0, 0.05) is 28.0 Å². The third-order valence-electron chi connectivity index (χ3n) is 5.28. The Morgan fingerprint density at radius 1 is 1.00 bits per heavy atom. The van der Waals surface area contributed by atoms with Gasteiger partial charge < -0.3 is 23.4 Å². The summed E-state index contributed by atoms with van der Waals surface area (Å²) in [6.07, 6.45) is -0.553. The molecule has 1 atom stereocenters. The quantitative estimate of drug-likeness (QED) is 0.308. The molecule has 0 N–H and O–H groups in total. The van der Waals surface area contributed by atoms with Crippen LogP contribution in [0.15, 0.2) is 70.3 Å². The lowest BCUT2D eigenvalue weighted by molar-refractivity contribution is -0.112. The number of hydrogen-bond donors (Lipinski definition) is 0. The summed E-state index contributed by atoms with van der Waals surface area (Å²) in [6, 6.07) is 17.9. The molecule has 2 heterocycles. The summed E-state index contributed by atoms with van der Waals surface area (Å²) < 4.78 is 42.6. The van der Waals surface area contributed by atoms with Crippen molar-refractivity contribution in [3.05, 3.63) is 83.2 Å². The van der Waals surface area contributed by atoms with Gasteiger partial charge in [-0.25, -0.2) is 4.39 Å². The van der Waals surface area contributed by atoms with Crippen LogP contribution in [0.3, 0.4) is 0 Å². The third kappa shape index (κ3) is 4.57. The lowest BCUT2D eigenvalue weighted by Gasteiger charge is -2.28. The molecular weight excluding hydrogens is 459 g/mol. The Balaban J connectivity index is 1.34. The second-order valence-electron chi connectivity index (χ2n) is 7.46. The Hall–Kier alpha value is -3.56. The second kappa shape index (κ2) is 9.74. The first-order valence-electron chi connectivity index (χ1n) is 10.5. The molecule has 9 heteroatoms. The predicted octanol–water partition coefficient (Wildman–Crippen LogP) is 5.79. The molecule has 3 aromatic carbocycles. The van der Waals surface area contributed by atoms with Crippen molar-refractivity contribution < 1.29 is 27.8 Å². The Bertz CT molecular complexity index is 1300. The summed E-state index contributed by atoms with van der Waals surface area (Å²) in [5.74, 6) is 2.17. The highest BCUT2D eigenvalue weighted by molar-refractivity contribution is 7.98. The van der Waals surface area contributed by atoms with Crippen LogP contribution in [0.2, 0.25) is 0 Å². The van der Waals surface area contributed by atoms with Crippen molar-refractivity contribution in [1.29, 1.82) is 0 Å². The maximum atomic E-state index is 14.3. The van der Waals surface area contributed by atoms with E-state index in [1.807, 2.05) is 36.4 Å². The fourth-order valence-corrected chi connectivity index (χ4v) is 4.38. The molecule has 1 aliphatic heterocycles. The topological polar surface area (TPSA) is 75.8 Å². The molecule has 0 saturated carbocycles. The molecule has 0 saturated heterocycles. The van der Waals surface area contributed by atoms with Crippen LogP contribution in [0.4, 0.5) is 4.39 Å². The summed E-state index contributed by atoms with van der Waals surface area (Å²) in [4.78, 5) is 0. The SMILES string of the molecule is COc1ccc(-c2nnc(SCc3cc(F)cc4c3O[C@H](c3ccccc3)OC4)o2)cc1OC. The lowest BCUT2D eigenvalue weighted by atomic mass is 10.1. The van der Waals surface area contributed by atoms with Gasteiger partial charge in [0.1, 0.15) is 11.6 Å². The number of methoxy groups -OCH3 is 2. The Kier molecular flexibility index (Phi) is 6.37. The molecule has 7 nitrogen and oxygen atoms in total. The monoisotopic (exact) mass is 480 g/mol. The van der Waals surface area contributed by atoms with Crippen molar-refractivity contribution in [2.75, 3.05) is 14.2 Å². The van der Waals surface area contributed by atoms with Gasteiger partial charge in [0.05, 0.1) is 20.8 Å². The third-order valence-corrected chi connectivity index (χ3v) is 6.15. The summed E-state index contributed by atoms with van der Waals surface area (Å²) in [5.41, 5.74) is 2.95. The maximum absolute atomic E-state index is 14.3. The van der Waals surface area contributed by atoms with E-state index < -0.39 is 6.29 Å². The summed E-state index contributed by atoms with van der Waals surface area (Å²) in [6.45, 7) is 0.258. The van der Waals surface area contributed by atoms with Gasteiger partial charge in [-0.1, -0.05) is 42.1 Å². The predicted molar refractivity (Wildman–Crippen MR) is 123 cm³/mol. The van der Waals surface area contributed by atoms with E-state index >= 15 is 0 Å². The summed E-state index contributed by atoms with van der Waals surface area (Å²) in [5, 5.41) is 8.60. The first-order chi connectivity index (χ1) is 16.6. The first-order valence-corrected chi connectivity index (χ1v) is 11.5. The number of rotatable bonds is 7. The fourth-order valence-electron chi connectivity index (χ4n) is 3.65. The van der Waals surface area contributed by atoms with Gasteiger partial charge in [-0.2, -0.15) is 0 Å². The molecular formula is C25H21FN2O5S. The van der Waals surface area contributed by atoms with Gasteiger partial charge in [0.2, 0.25) is 12.2 Å². The van der Waals surface area contributed by atoms with Gasteiger partial charge in [-0.15, -0.1) is 10.2 Å². The summed E-state index contributed by atoms with van der Waals surface area (Å²) in [7, 11) is 3.13. The lowest BCUT2D eigenvalue weighted by Crippen LogP contribution is -2.19. The number of fused-ring (bicyclic) bond motifs is 1. The average Bonchev–Trinajstić information content (AvgIpc) is 3.36. The minimum absolute atomic E-state index is 0.258. The van der Waals surface area contributed by atoms with Crippen molar-refractivity contribution >= 4 is 11.8 Å². The largest absolute Gasteiger partial charge is 0.493 e. The highest BCUT2D eigenvalue weighted by atomic mass is 32.2. The number of hydrogen-bond acceptors (Lipinski definition) is 8.